The van der Waals surface area contributed by atoms with Crippen molar-refractivity contribution in [3.05, 3.63) is 46.5 Å². The van der Waals surface area contributed by atoms with E-state index in [2.05, 4.69) is 17.9 Å². The Morgan fingerprint density at radius 3 is 2.67 bits per heavy atom. The van der Waals surface area contributed by atoms with E-state index in [1.165, 1.54) is 19.1 Å². The van der Waals surface area contributed by atoms with E-state index in [0.717, 1.165) is 11.1 Å². The number of hydrogen-bond acceptors (Lipinski definition) is 11. The molecule has 0 aliphatic carbocycles. The van der Waals surface area contributed by atoms with Crippen LogP contribution in [0.25, 0.3) is 0 Å². The second kappa shape index (κ2) is 15.8. The van der Waals surface area contributed by atoms with Gasteiger partial charge in [-0.1, -0.05) is 42.3 Å². The lowest BCUT2D eigenvalue weighted by Gasteiger charge is -2.42. The third-order valence-corrected chi connectivity index (χ3v) is 9.98. The highest BCUT2D eigenvalue weighted by Gasteiger charge is 2.64. The molecular formula is C34H48ClN3O9S. The number of methoxy groups -OCH3 is 2. The quantitative estimate of drug-likeness (QED) is 0.207. The maximum Gasteiger partial charge on any atom is 0.409 e. The zero-order valence-electron chi connectivity index (χ0n) is 28.7. The molecule has 2 saturated heterocycles. The molecule has 0 saturated carbocycles. The van der Waals surface area contributed by atoms with Crippen molar-refractivity contribution in [3.63, 3.8) is 0 Å². The molecule has 2 amide bonds. The lowest BCUT2D eigenvalue weighted by Crippen LogP contribution is -2.63. The molecule has 2 N–H and O–H groups in total. The number of fused-ring (bicyclic) bond motifs is 5. The monoisotopic (exact) mass is 709 g/mol. The van der Waals surface area contributed by atoms with Gasteiger partial charge in [-0.25, -0.2) is 4.79 Å². The molecule has 0 aromatic heterocycles. The van der Waals surface area contributed by atoms with Crippen molar-refractivity contribution in [3.8, 4) is 5.75 Å². The molecule has 2 fully saturated rings. The van der Waals surface area contributed by atoms with E-state index in [4.69, 9.17) is 35.3 Å². The SMILES string of the molecule is COc1cc2cc(c1Cl)N(C)C(=O)CC(OC(=O)CCN(C)CCS)C1(C)OC1C(C)C1CC(O)(NC(=O)O1)C(OC)/C=C/C=C(\C)C2. The molecular weight excluding hydrogens is 662 g/mol. The topological polar surface area (TPSA) is 139 Å². The number of anilines is 1. The van der Waals surface area contributed by atoms with Crippen molar-refractivity contribution in [2.24, 2.45) is 5.92 Å². The normalized spacial score (nSPS) is 32.8. The van der Waals surface area contributed by atoms with Crippen LogP contribution in [0.15, 0.2) is 35.9 Å². The van der Waals surface area contributed by atoms with Gasteiger partial charge in [0.15, 0.2) is 5.72 Å². The van der Waals surface area contributed by atoms with Crippen molar-refractivity contribution in [2.45, 2.75) is 82.2 Å². The number of amides is 2. The van der Waals surface area contributed by atoms with Crippen LogP contribution >= 0.6 is 24.2 Å². The maximum absolute atomic E-state index is 14.0. The van der Waals surface area contributed by atoms with Gasteiger partial charge in [0.2, 0.25) is 5.91 Å². The van der Waals surface area contributed by atoms with Crippen molar-refractivity contribution < 1.29 is 43.2 Å². The van der Waals surface area contributed by atoms with Crippen LogP contribution < -0.4 is 15.0 Å². The molecule has 3 heterocycles. The number of hydrogen-bond donors (Lipinski definition) is 3. The largest absolute Gasteiger partial charge is 0.495 e. The van der Waals surface area contributed by atoms with E-state index < -0.39 is 53.7 Å². The molecule has 0 radical (unpaired) electrons. The van der Waals surface area contributed by atoms with Gasteiger partial charge >= 0.3 is 12.1 Å². The van der Waals surface area contributed by atoms with Gasteiger partial charge in [-0.2, -0.15) is 12.6 Å². The second-order valence-electron chi connectivity index (χ2n) is 13.1. The minimum absolute atomic E-state index is 0.00484. The zero-order chi connectivity index (χ0) is 35.4. The van der Waals surface area contributed by atoms with Crippen LogP contribution in [0.5, 0.6) is 5.75 Å². The number of allylic oxidation sites excluding steroid dienone is 3. The molecule has 48 heavy (non-hydrogen) atoms. The summed E-state index contributed by atoms with van der Waals surface area (Å²) < 4.78 is 29.1. The number of esters is 1. The number of carbonyl (C=O) groups excluding carboxylic acids is 3. The van der Waals surface area contributed by atoms with Gasteiger partial charge in [-0.15, -0.1) is 0 Å². The molecule has 12 nitrogen and oxygen atoms in total. The van der Waals surface area contributed by atoms with Crippen molar-refractivity contribution in [2.75, 3.05) is 52.1 Å². The average molecular weight is 710 g/mol. The highest BCUT2D eigenvalue weighted by atomic mass is 35.5. The van der Waals surface area contributed by atoms with Crippen molar-refractivity contribution in [1.82, 2.24) is 10.2 Å². The Hall–Kier alpha value is -2.81. The number of aliphatic hydroxyl groups is 1. The van der Waals surface area contributed by atoms with Crippen LogP contribution in [0.4, 0.5) is 10.5 Å². The molecule has 7 unspecified atom stereocenters. The fraction of sp³-hybridized carbons (Fsp3) is 0.618. The predicted molar refractivity (Wildman–Crippen MR) is 185 cm³/mol. The molecule has 7 atom stereocenters. The second-order valence-corrected chi connectivity index (χ2v) is 13.9. The predicted octanol–water partition coefficient (Wildman–Crippen LogP) is 3.92. The first-order valence-electron chi connectivity index (χ1n) is 16.0. The number of ether oxygens (including phenoxy) is 5. The molecule has 3 aliphatic rings. The fourth-order valence-corrected chi connectivity index (χ4v) is 7.04. The molecule has 3 aliphatic heterocycles. The number of nitrogens with zero attached hydrogens (tertiary/aromatic N) is 2. The lowest BCUT2D eigenvalue weighted by atomic mass is 9.83. The Labute approximate surface area is 293 Å². The number of epoxide rings is 1. The van der Waals surface area contributed by atoms with Gasteiger partial charge in [0, 0.05) is 45.3 Å². The summed E-state index contributed by atoms with van der Waals surface area (Å²) in [5.41, 5.74) is -0.637. The minimum atomic E-state index is -1.78. The van der Waals surface area contributed by atoms with E-state index >= 15 is 0 Å². The maximum atomic E-state index is 14.0. The molecule has 0 spiro atoms. The third-order valence-electron chi connectivity index (χ3n) is 9.40. The van der Waals surface area contributed by atoms with Crippen LogP contribution in [0, 0.1) is 5.92 Å². The smallest absolute Gasteiger partial charge is 0.409 e. The highest BCUT2D eigenvalue weighted by molar-refractivity contribution is 7.80. The lowest BCUT2D eigenvalue weighted by molar-refractivity contribution is -0.154. The first-order chi connectivity index (χ1) is 22.6. The number of carbonyl (C=O) groups is 3. The van der Waals surface area contributed by atoms with E-state index in [1.807, 2.05) is 44.0 Å². The van der Waals surface area contributed by atoms with E-state index in [1.54, 1.807) is 26.1 Å². The van der Waals surface area contributed by atoms with Crippen molar-refractivity contribution in [1.29, 1.82) is 0 Å². The number of benzene rings is 1. The Morgan fingerprint density at radius 1 is 1.27 bits per heavy atom. The zero-order valence-corrected chi connectivity index (χ0v) is 30.3. The summed E-state index contributed by atoms with van der Waals surface area (Å²) in [6.45, 7) is 6.70. The van der Waals surface area contributed by atoms with E-state index in [0.29, 0.717) is 36.7 Å². The Balaban J connectivity index is 1.74. The fourth-order valence-electron chi connectivity index (χ4n) is 6.39. The van der Waals surface area contributed by atoms with Gasteiger partial charge < -0.3 is 38.6 Å². The van der Waals surface area contributed by atoms with Crippen LogP contribution in [-0.2, 0) is 35.0 Å². The average Bonchev–Trinajstić information content (AvgIpc) is 3.73. The minimum Gasteiger partial charge on any atom is -0.495 e. The summed E-state index contributed by atoms with van der Waals surface area (Å²) in [4.78, 5) is 43.3. The van der Waals surface area contributed by atoms with Crippen LogP contribution in [0.1, 0.15) is 45.6 Å². The highest BCUT2D eigenvalue weighted by Crippen LogP contribution is 2.49. The standard InChI is InChI=1S/C34H48ClN3O9S/c1-20-9-8-10-26(44-7)34(42)19-25(45-32(41)36-34)21(2)31-33(3,47-31)27(46-29(40)11-12-37(4)13-14-48)18-28(39)38(5)23-16-22(15-20)17-24(43-6)30(23)35/h8-10,16-17,21,25-27,31,42,48H,11-15,18-19H2,1-7H3,(H,36,41)/b10-8+,20-9+. The number of nitrogens with one attached hydrogen (secondary N) is 1. The molecule has 1 aromatic rings. The molecule has 266 valence electrons. The van der Waals surface area contributed by atoms with Gasteiger partial charge in [-0.3, -0.25) is 14.9 Å². The third kappa shape index (κ3) is 8.67. The van der Waals surface area contributed by atoms with E-state index in [-0.39, 0.29) is 30.2 Å². The summed E-state index contributed by atoms with van der Waals surface area (Å²) in [5.74, 6) is -0.248. The Kier molecular flexibility index (Phi) is 12.5. The summed E-state index contributed by atoms with van der Waals surface area (Å²) in [6.07, 6.45) is 1.66. The molecule has 4 rings (SSSR count). The van der Waals surface area contributed by atoms with Gasteiger partial charge in [0.05, 0.1) is 31.7 Å². The summed E-state index contributed by atoms with van der Waals surface area (Å²) in [7, 11) is 6.46. The first kappa shape index (κ1) is 38.0. The van der Waals surface area contributed by atoms with Crippen LogP contribution in [0.3, 0.4) is 0 Å². The number of rotatable bonds is 8. The summed E-state index contributed by atoms with van der Waals surface area (Å²) in [6, 6.07) is 3.64. The number of halogens is 1. The molecule has 14 heteroatoms. The first-order valence-corrected chi connectivity index (χ1v) is 17.0. The van der Waals surface area contributed by atoms with Crippen LogP contribution in [-0.4, -0.2) is 111 Å². The van der Waals surface area contributed by atoms with Gasteiger partial charge in [0.1, 0.15) is 34.7 Å². The Bertz CT molecular complexity index is 1430. The molecule has 4 bridgehead atoms. The number of alkyl carbamates (subject to hydrolysis) is 1. The number of thiol groups is 1. The molecule has 1 aromatic carbocycles. The van der Waals surface area contributed by atoms with Gasteiger partial charge in [0.25, 0.3) is 0 Å². The van der Waals surface area contributed by atoms with Crippen LogP contribution in [0.2, 0.25) is 5.02 Å². The van der Waals surface area contributed by atoms with Crippen molar-refractivity contribution >= 4 is 47.9 Å². The summed E-state index contributed by atoms with van der Waals surface area (Å²) >= 11 is 11.0. The summed E-state index contributed by atoms with van der Waals surface area (Å²) in [5, 5.41) is 14.5. The Morgan fingerprint density at radius 2 is 2.00 bits per heavy atom. The van der Waals surface area contributed by atoms with Gasteiger partial charge in [-0.05, 0) is 45.0 Å². The van der Waals surface area contributed by atoms with E-state index in [9.17, 15) is 19.5 Å².